The van der Waals surface area contributed by atoms with Gasteiger partial charge in [0.15, 0.2) is 0 Å². The molecule has 0 aliphatic carbocycles. The maximum atomic E-state index is 2.33. The van der Waals surface area contributed by atoms with Gasteiger partial charge in [0.1, 0.15) is 0 Å². The molecule has 0 aliphatic rings. The standard InChI is InChI=1S/4C15H19.2C2H6Si.2ClH.2Zr/c4*1-9(2)14-7-10(3)6-13-8-11(4)12(5)15(13)14;2*1-3-2;;;;/h4*6-9H,1-5H3;2*1-2H3;2*1H;;/q4*-1;;;;;2*+2/p-2. The summed E-state index contributed by atoms with van der Waals surface area (Å²) in [7, 11) is 0. The third-order valence-corrected chi connectivity index (χ3v) is 13.2. The molecule has 0 spiro atoms. The molecule has 70 heavy (non-hydrogen) atoms. The van der Waals surface area contributed by atoms with E-state index in [1.54, 1.807) is 46.7 Å². The van der Waals surface area contributed by atoms with Crippen LogP contribution in [-0.2, 0) is 46.7 Å². The molecule has 8 aromatic carbocycles. The van der Waals surface area contributed by atoms with Crippen molar-refractivity contribution in [3.05, 3.63) is 162 Å². The molecule has 8 aromatic rings. The van der Waals surface area contributed by atoms with Crippen molar-refractivity contribution in [3.63, 3.8) is 0 Å². The molecule has 6 heteroatoms. The number of fused-ring (bicyclic) bond motifs is 4. The fraction of sp³-hybridized carbons (Fsp3) is 0.438. The second-order valence-corrected chi connectivity index (χ2v) is 40.4. The molecule has 0 unspecified atom stereocenters. The van der Waals surface area contributed by atoms with Crippen molar-refractivity contribution in [3.8, 4) is 0 Å². The Morgan fingerprint density at radius 2 is 0.457 bits per heavy atom. The van der Waals surface area contributed by atoms with Gasteiger partial charge in [-0.3, -0.25) is 0 Å². The molecule has 0 atom stereocenters. The molecule has 0 N–H and O–H groups in total. The maximum Gasteiger partial charge on any atom is -0.0308 e. The molecule has 0 bridgehead atoms. The molecule has 0 saturated carbocycles. The largest absolute Gasteiger partial charge is 1.00 e. The van der Waals surface area contributed by atoms with Crippen LogP contribution in [0.2, 0.25) is 26.2 Å². The first-order valence-electron chi connectivity index (χ1n) is 25.2. The zero-order valence-electron chi connectivity index (χ0n) is 48.0. The van der Waals surface area contributed by atoms with E-state index in [-0.39, 0.29) is 35.7 Å². The van der Waals surface area contributed by atoms with Crippen molar-refractivity contribution < 1.29 is 71.5 Å². The van der Waals surface area contributed by atoms with Gasteiger partial charge in [-0.05, 0) is 51.4 Å². The summed E-state index contributed by atoms with van der Waals surface area (Å²) in [6, 6.07) is 27.7. The monoisotopic (exact) mass is 1160 g/mol. The summed E-state index contributed by atoms with van der Waals surface area (Å²) < 4.78 is 0. The molecule has 0 aliphatic heterocycles. The predicted octanol–water partition coefficient (Wildman–Crippen LogP) is 14.0. The van der Waals surface area contributed by atoms with Crippen molar-refractivity contribution >= 4 is 54.0 Å². The van der Waals surface area contributed by atoms with Crippen molar-refractivity contribution in [1.82, 2.24) is 0 Å². The van der Waals surface area contributed by atoms with Crippen LogP contribution in [0.3, 0.4) is 0 Å². The van der Waals surface area contributed by atoms with Gasteiger partial charge in [0, 0.05) is 0 Å². The Kier molecular flexibility index (Phi) is 27.6. The van der Waals surface area contributed by atoms with E-state index in [2.05, 4.69) is 237 Å². The van der Waals surface area contributed by atoms with Crippen LogP contribution in [0.5, 0.6) is 0 Å². The van der Waals surface area contributed by atoms with Crippen LogP contribution in [0.4, 0.5) is 0 Å². The number of hydrogen-bond donors (Lipinski definition) is 0. The number of aryl methyl sites for hydroxylation is 12. The molecule has 0 aromatic heterocycles. The number of rotatable bonds is 4. The molecule has 0 heterocycles. The third-order valence-electron chi connectivity index (χ3n) is 13.2. The third kappa shape index (κ3) is 17.6. The maximum absolute atomic E-state index is 2.33. The molecule has 0 fully saturated rings. The van der Waals surface area contributed by atoms with Crippen LogP contribution < -0.4 is 24.8 Å². The van der Waals surface area contributed by atoms with Gasteiger partial charge in [-0.2, -0.15) is 22.3 Å². The van der Waals surface area contributed by atoms with E-state index in [1.165, 1.54) is 132 Å². The molecule has 0 nitrogen and oxygen atoms in total. The SMILES string of the molecule is C[Si](C)=[Zr+2].C[Si](C)=[Zr+2].Cc1cc(C(C)C)c2c(C)c(C)[cH-]c2c1.Cc1cc(C(C)C)c2c(C)c(C)[cH-]c2c1.Cc1cc(C(C)C)c2c(C)c(C)[cH-]c2c1.Cc1cc(C(C)C)c2c(C)c(C)[cH-]c2c1.[Cl-].[Cl-]. The molecular weight excluding hydrogens is 1080 g/mol. The topological polar surface area (TPSA) is 0 Å². The van der Waals surface area contributed by atoms with E-state index >= 15 is 0 Å². The van der Waals surface area contributed by atoms with Gasteiger partial charge in [0.2, 0.25) is 0 Å². The molecule has 0 saturated heterocycles. The summed E-state index contributed by atoms with van der Waals surface area (Å²) >= 11 is 3.48. The molecule has 376 valence electrons. The first-order chi connectivity index (χ1) is 31.5. The predicted molar refractivity (Wildman–Crippen MR) is 306 cm³/mol. The zero-order valence-corrected chi connectivity index (χ0v) is 56.4. The Morgan fingerprint density at radius 1 is 0.314 bits per heavy atom. The van der Waals surface area contributed by atoms with Crippen LogP contribution in [0.15, 0.2) is 72.8 Å². The average molecular weight is 1170 g/mol. The fourth-order valence-corrected chi connectivity index (χ4v) is 9.54. The van der Waals surface area contributed by atoms with Crippen molar-refractivity contribution in [2.45, 2.75) is 188 Å². The summed E-state index contributed by atoms with van der Waals surface area (Å²) in [5.74, 6) is 2.42. The van der Waals surface area contributed by atoms with Gasteiger partial charge in [-0.15, -0.1) is 114 Å². The van der Waals surface area contributed by atoms with E-state index < -0.39 is 0 Å². The normalized spacial score (nSPS) is 10.7. The van der Waals surface area contributed by atoms with Gasteiger partial charge in [0.05, 0.1) is 0 Å². The van der Waals surface area contributed by atoms with E-state index in [0.717, 1.165) is 0 Å². The van der Waals surface area contributed by atoms with Crippen molar-refractivity contribution in [1.29, 1.82) is 0 Å². The number of hydrogen-bond acceptors (Lipinski definition) is 0. The van der Waals surface area contributed by atoms with Crippen LogP contribution in [-0.4, -0.2) is 10.9 Å². The summed E-state index contributed by atoms with van der Waals surface area (Å²) in [6.07, 6.45) is 0. The first-order valence-corrected chi connectivity index (χ1v) is 37.6. The van der Waals surface area contributed by atoms with Crippen LogP contribution in [0.1, 0.15) is 168 Å². The van der Waals surface area contributed by atoms with Crippen molar-refractivity contribution in [2.75, 3.05) is 0 Å². The molecular formula is C64H88Cl2Si2Zr2-2. The van der Waals surface area contributed by atoms with E-state index in [1.807, 2.05) is 0 Å². The van der Waals surface area contributed by atoms with Crippen LogP contribution in [0.25, 0.3) is 43.1 Å². The Labute approximate surface area is 471 Å². The fourth-order valence-electron chi connectivity index (χ4n) is 9.54. The Morgan fingerprint density at radius 3 is 0.586 bits per heavy atom. The second kappa shape index (κ2) is 29.3. The Bertz CT molecular complexity index is 2610. The summed E-state index contributed by atoms with van der Waals surface area (Å²) in [5.41, 5.74) is 23.4. The minimum absolute atomic E-state index is 0. The van der Waals surface area contributed by atoms with E-state index in [0.29, 0.717) is 23.7 Å². The Balaban J connectivity index is 0.000000439. The van der Waals surface area contributed by atoms with Gasteiger partial charge in [0.25, 0.3) is 0 Å². The Hall–Kier alpha value is -1.90. The second-order valence-electron chi connectivity index (χ2n) is 21.7. The molecule has 0 amide bonds. The van der Waals surface area contributed by atoms with Crippen LogP contribution >= 0.6 is 0 Å². The van der Waals surface area contributed by atoms with E-state index in [9.17, 15) is 0 Å². The number of halogens is 2. The minimum atomic E-state index is 0. The van der Waals surface area contributed by atoms with Gasteiger partial charge < -0.3 is 24.8 Å². The summed E-state index contributed by atoms with van der Waals surface area (Å²) in [6.45, 7) is 53.9. The van der Waals surface area contributed by atoms with E-state index in [4.69, 9.17) is 0 Å². The van der Waals surface area contributed by atoms with Crippen molar-refractivity contribution in [2.24, 2.45) is 0 Å². The molecule has 8 rings (SSSR count). The molecule has 0 radical (unpaired) electrons. The van der Waals surface area contributed by atoms with Crippen LogP contribution in [0, 0.1) is 83.1 Å². The van der Waals surface area contributed by atoms with Gasteiger partial charge in [-0.25, -0.2) is 0 Å². The minimum Gasteiger partial charge on any atom is -1.00 e. The van der Waals surface area contributed by atoms with Gasteiger partial charge in [-0.1, -0.05) is 180 Å². The zero-order chi connectivity index (χ0) is 51.8. The average Bonchev–Trinajstić information content (AvgIpc) is 3.87. The smallest absolute Gasteiger partial charge is 0.0308 e. The van der Waals surface area contributed by atoms with Gasteiger partial charge >= 0.3 is 83.7 Å². The summed E-state index contributed by atoms with van der Waals surface area (Å²) in [4.78, 5) is 0. The summed E-state index contributed by atoms with van der Waals surface area (Å²) in [5, 5.41) is 11.6. The quantitative estimate of drug-likeness (QED) is 0.122. The number of benzene rings is 4. The first kappa shape index (κ1) is 66.1.